The third kappa shape index (κ3) is 2.90. The molecule has 1 fully saturated rings. The summed E-state index contributed by atoms with van der Waals surface area (Å²) in [5.41, 5.74) is 6.73. The van der Waals surface area contributed by atoms with Gasteiger partial charge >= 0.3 is 0 Å². The molecule has 0 bridgehead atoms. The van der Waals surface area contributed by atoms with Crippen LogP contribution in [0.1, 0.15) is 25.7 Å². The van der Waals surface area contributed by atoms with Crippen LogP contribution in [-0.2, 0) is 0 Å². The third-order valence-corrected chi connectivity index (χ3v) is 3.64. The molecular weight excluding hydrogens is 282 g/mol. The summed E-state index contributed by atoms with van der Waals surface area (Å²) < 4.78 is 0.907. The summed E-state index contributed by atoms with van der Waals surface area (Å²) in [5, 5.41) is 8.91. The summed E-state index contributed by atoms with van der Waals surface area (Å²) in [6.07, 6.45) is 5.98. The normalized spacial score (nSPS) is 19.9. The summed E-state index contributed by atoms with van der Waals surface area (Å²) in [5.74, 6) is 0.883. The number of nitrogens with two attached hydrogens (primary N) is 1. The van der Waals surface area contributed by atoms with Crippen molar-refractivity contribution in [2.75, 3.05) is 23.8 Å². The molecule has 0 amide bonds. The molecule has 4 nitrogen and oxygen atoms in total. The Morgan fingerprint density at radius 1 is 1.59 bits per heavy atom. The first-order valence-corrected chi connectivity index (χ1v) is 6.80. The van der Waals surface area contributed by atoms with E-state index in [9.17, 15) is 0 Å². The van der Waals surface area contributed by atoms with Gasteiger partial charge in [0.25, 0.3) is 0 Å². The molecule has 1 aliphatic rings. The quantitative estimate of drug-likeness (QED) is 0.894. The van der Waals surface area contributed by atoms with Crippen LogP contribution >= 0.6 is 15.9 Å². The van der Waals surface area contributed by atoms with E-state index in [1.807, 2.05) is 6.07 Å². The van der Waals surface area contributed by atoms with E-state index >= 15 is 0 Å². The molecule has 17 heavy (non-hydrogen) atoms. The van der Waals surface area contributed by atoms with Crippen molar-refractivity contribution in [2.45, 2.75) is 31.7 Å². The van der Waals surface area contributed by atoms with E-state index in [1.54, 1.807) is 6.20 Å². The van der Waals surface area contributed by atoms with Gasteiger partial charge in [-0.2, -0.15) is 0 Å². The molecule has 1 saturated heterocycles. The summed E-state index contributed by atoms with van der Waals surface area (Å²) in [6, 6.07) is 2.36. The molecule has 2 heterocycles. The zero-order valence-corrected chi connectivity index (χ0v) is 11.4. The molecule has 3 N–H and O–H groups in total. The first kappa shape index (κ1) is 12.6. The highest BCUT2D eigenvalue weighted by atomic mass is 79.9. The monoisotopic (exact) mass is 299 g/mol. The van der Waals surface area contributed by atoms with Gasteiger partial charge in [-0.3, -0.25) is 0 Å². The number of nitrogen functional groups attached to an aromatic ring is 1. The molecule has 0 saturated carbocycles. The number of anilines is 2. The largest absolute Gasteiger partial charge is 0.396 e. The Bertz CT molecular complexity index is 386. The number of nitrogens with zero attached hydrogens (tertiary/aromatic N) is 2. The van der Waals surface area contributed by atoms with Crippen LogP contribution in [0.15, 0.2) is 16.7 Å². The second-order valence-corrected chi connectivity index (χ2v) is 5.34. The molecule has 2 rings (SSSR count). The molecule has 1 aliphatic heterocycles. The maximum absolute atomic E-state index is 8.91. The molecule has 1 unspecified atom stereocenters. The highest BCUT2D eigenvalue weighted by molar-refractivity contribution is 9.10. The average Bonchev–Trinajstić information content (AvgIpc) is 2.74. The zero-order valence-electron chi connectivity index (χ0n) is 9.77. The van der Waals surface area contributed by atoms with Crippen LogP contribution in [0.25, 0.3) is 0 Å². The van der Waals surface area contributed by atoms with Crippen molar-refractivity contribution in [1.29, 1.82) is 0 Å². The molecule has 0 aromatic carbocycles. The van der Waals surface area contributed by atoms with Gasteiger partial charge in [0.15, 0.2) is 5.82 Å². The van der Waals surface area contributed by atoms with Gasteiger partial charge in [-0.1, -0.05) is 0 Å². The molecule has 0 radical (unpaired) electrons. The van der Waals surface area contributed by atoms with Crippen molar-refractivity contribution in [2.24, 2.45) is 0 Å². The minimum Gasteiger partial charge on any atom is -0.396 e. The Morgan fingerprint density at radius 2 is 2.41 bits per heavy atom. The van der Waals surface area contributed by atoms with E-state index in [0.717, 1.165) is 41.8 Å². The molecular formula is C12H18BrN3O. The SMILES string of the molecule is Nc1cc(Br)cnc1N1CCCC1CCCO. The predicted molar refractivity (Wildman–Crippen MR) is 73.0 cm³/mol. The summed E-state index contributed by atoms with van der Waals surface area (Å²) in [7, 11) is 0. The molecule has 1 atom stereocenters. The van der Waals surface area contributed by atoms with Gasteiger partial charge in [-0.15, -0.1) is 0 Å². The van der Waals surface area contributed by atoms with E-state index in [1.165, 1.54) is 6.42 Å². The van der Waals surface area contributed by atoms with Gasteiger partial charge in [0.2, 0.25) is 0 Å². The van der Waals surface area contributed by atoms with Gasteiger partial charge in [0.1, 0.15) is 0 Å². The van der Waals surface area contributed by atoms with Crippen LogP contribution in [0, 0.1) is 0 Å². The second-order valence-electron chi connectivity index (χ2n) is 4.42. The highest BCUT2D eigenvalue weighted by Crippen LogP contribution is 2.31. The Balaban J connectivity index is 2.14. The molecule has 94 valence electrons. The minimum absolute atomic E-state index is 0.258. The fourth-order valence-corrected chi connectivity index (χ4v) is 2.78. The van der Waals surface area contributed by atoms with Crippen LogP contribution in [0.2, 0.25) is 0 Å². The van der Waals surface area contributed by atoms with Gasteiger partial charge in [0, 0.05) is 29.9 Å². The van der Waals surface area contributed by atoms with E-state index in [-0.39, 0.29) is 6.61 Å². The molecule has 5 heteroatoms. The summed E-state index contributed by atoms with van der Waals surface area (Å²) >= 11 is 3.37. The first-order chi connectivity index (χ1) is 8.22. The minimum atomic E-state index is 0.258. The van der Waals surface area contributed by atoms with E-state index < -0.39 is 0 Å². The fraction of sp³-hybridized carbons (Fsp3) is 0.583. The van der Waals surface area contributed by atoms with Gasteiger partial charge < -0.3 is 15.7 Å². The van der Waals surface area contributed by atoms with Crippen molar-refractivity contribution in [3.8, 4) is 0 Å². The van der Waals surface area contributed by atoms with Crippen LogP contribution in [-0.4, -0.2) is 29.3 Å². The van der Waals surface area contributed by atoms with E-state index in [2.05, 4.69) is 25.8 Å². The Morgan fingerprint density at radius 3 is 3.12 bits per heavy atom. The number of rotatable bonds is 4. The standard InChI is InChI=1S/C12H18BrN3O/c13-9-7-11(14)12(15-8-9)16-5-1-3-10(16)4-2-6-17/h7-8,10,17H,1-6,14H2. The number of hydrogen-bond acceptors (Lipinski definition) is 4. The Hall–Kier alpha value is -0.810. The maximum atomic E-state index is 8.91. The van der Waals surface area contributed by atoms with Crippen molar-refractivity contribution in [3.05, 3.63) is 16.7 Å². The molecule has 0 spiro atoms. The van der Waals surface area contributed by atoms with Crippen molar-refractivity contribution < 1.29 is 5.11 Å². The second kappa shape index (κ2) is 5.69. The molecule has 0 aliphatic carbocycles. The first-order valence-electron chi connectivity index (χ1n) is 6.01. The number of halogens is 1. The maximum Gasteiger partial charge on any atom is 0.152 e. The lowest BCUT2D eigenvalue weighted by Crippen LogP contribution is -2.30. The lowest BCUT2D eigenvalue weighted by atomic mass is 10.1. The Labute approximate surface area is 110 Å². The van der Waals surface area contributed by atoms with Gasteiger partial charge in [0.05, 0.1) is 5.69 Å². The van der Waals surface area contributed by atoms with Crippen molar-refractivity contribution in [3.63, 3.8) is 0 Å². The van der Waals surface area contributed by atoms with Crippen LogP contribution in [0.5, 0.6) is 0 Å². The number of aliphatic hydroxyl groups is 1. The number of hydrogen-bond donors (Lipinski definition) is 2. The zero-order chi connectivity index (χ0) is 12.3. The lowest BCUT2D eigenvalue weighted by molar-refractivity contribution is 0.279. The van der Waals surface area contributed by atoms with Crippen molar-refractivity contribution >= 4 is 27.4 Å². The van der Waals surface area contributed by atoms with Gasteiger partial charge in [-0.25, -0.2) is 4.98 Å². The number of pyridine rings is 1. The Kier molecular flexibility index (Phi) is 4.23. The average molecular weight is 300 g/mol. The highest BCUT2D eigenvalue weighted by Gasteiger charge is 2.26. The summed E-state index contributed by atoms with van der Waals surface area (Å²) in [6.45, 7) is 1.27. The summed E-state index contributed by atoms with van der Waals surface area (Å²) in [4.78, 5) is 6.68. The van der Waals surface area contributed by atoms with Gasteiger partial charge in [-0.05, 0) is 47.7 Å². The smallest absolute Gasteiger partial charge is 0.152 e. The predicted octanol–water partition coefficient (Wildman–Crippen LogP) is 2.17. The van der Waals surface area contributed by atoms with Crippen LogP contribution in [0.3, 0.4) is 0 Å². The van der Waals surface area contributed by atoms with Crippen molar-refractivity contribution in [1.82, 2.24) is 4.98 Å². The fourth-order valence-electron chi connectivity index (χ4n) is 2.43. The van der Waals surface area contributed by atoms with E-state index in [0.29, 0.717) is 6.04 Å². The number of aromatic nitrogens is 1. The lowest BCUT2D eigenvalue weighted by Gasteiger charge is -2.26. The topological polar surface area (TPSA) is 62.4 Å². The van der Waals surface area contributed by atoms with Crippen LogP contribution in [0.4, 0.5) is 11.5 Å². The molecule has 1 aromatic heterocycles. The van der Waals surface area contributed by atoms with Crippen LogP contribution < -0.4 is 10.6 Å². The third-order valence-electron chi connectivity index (χ3n) is 3.21. The van der Waals surface area contributed by atoms with E-state index in [4.69, 9.17) is 10.8 Å². The number of aliphatic hydroxyl groups excluding tert-OH is 1. The molecule has 1 aromatic rings.